The van der Waals surface area contributed by atoms with Crippen molar-refractivity contribution in [1.29, 1.82) is 0 Å². The number of esters is 2. The van der Waals surface area contributed by atoms with E-state index in [2.05, 4.69) is 0 Å². The van der Waals surface area contributed by atoms with Crippen molar-refractivity contribution in [3.63, 3.8) is 0 Å². The number of fused-ring (bicyclic) bond motifs is 2. The number of nitrogens with two attached hydrogens (primary N) is 2. The van der Waals surface area contributed by atoms with Gasteiger partial charge < -0.3 is 86.2 Å². The molecule has 0 aromatic carbocycles. The van der Waals surface area contributed by atoms with Crippen molar-refractivity contribution >= 4 is 11.9 Å². The number of aliphatic hydroxyl groups is 10. The average molecular weight is 1050 g/mol. The number of cyclic esters (lactones) is 1. The maximum atomic E-state index is 13.3. The Kier molecular flexibility index (Phi) is 29.4. The Morgan fingerprint density at radius 3 is 1.81 bits per heavy atom. The van der Waals surface area contributed by atoms with Crippen LogP contribution in [-0.4, -0.2) is 199 Å². The van der Waals surface area contributed by atoms with Crippen molar-refractivity contribution in [2.75, 3.05) is 33.3 Å². The van der Waals surface area contributed by atoms with E-state index >= 15 is 0 Å². The summed E-state index contributed by atoms with van der Waals surface area (Å²) >= 11 is 0. The lowest BCUT2D eigenvalue weighted by Crippen LogP contribution is -2.64. The SMILES string of the molecule is COC(=O)[C@H]1C2C[C@@H](O[C@@H]3O[C@H](C)[C@@H](O)[C@H](N(CCCN)CCCN)[C@@H]3O)/C=C/C=C/C=C/C=C/C=C/C=C/C=C/[C@H](C)[C@@H](O)[C@@H](C)[C@H](C)OC(=O)C[C@H](O)C[C@H](O)CC[C@@H](O)[C@H](O)C[C@H](O)C[C@](O)(C[C@@H]1O)O2. The number of carbonyl (C=O) groups excluding carboxylic acids is 2. The van der Waals surface area contributed by atoms with Gasteiger partial charge in [0.25, 0.3) is 0 Å². The minimum atomic E-state index is -2.29. The van der Waals surface area contributed by atoms with Gasteiger partial charge in [0.05, 0.1) is 86.7 Å². The fourth-order valence-corrected chi connectivity index (χ4v) is 9.47. The molecular weight excluding hydrogens is 963 g/mol. The highest BCUT2D eigenvalue weighted by atomic mass is 16.7. The molecule has 19 atom stereocenters. The van der Waals surface area contributed by atoms with Crippen LogP contribution in [0.3, 0.4) is 0 Å². The molecule has 3 rings (SSSR count). The monoisotopic (exact) mass is 1050 g/mol. The van der Waals surface area contributed by atoms with Crippen molar-refractivity contribution in [2.24, 2.45) is 29.2 Å². The van der Waals surface area contributed by atoms with Gasteiger partial charge in [-0.15, -0.1) is 0 Å². The van der Waals surface area contributed by atoms with Crippen molar-refractivity contribution in [3.05, 3.63) is 85.1 Å². The zero-order valence-electron chi connectivity index (χ0n) is 43.8. The molecule has 3 aliphatic rings. The van der Waals surface area contributed by atoms with Gasteiger partial charge in [-0.1, -0.05) is 98.9 Å². The van der Waals surface area contributed by atoms with E-state index in [0.29, 0.717) is 39.0 Å². The Hall–Kier alpha value is -3.52. The highest BCUT2D eigenvalue weighted by Gasteiger charge is 2.52. The Morgan fingerprint density at radius 1 is 0.676 bits per heavy atom. The number of allylic oxidation sites excluding steroid dienone is 12. The third kappa shape index (κ3) is 21.8. The smallest absolute Gasteiger partial charge is 0.313 e. The van der Waals surface area contributed by atoms with E-state index in [1.807, 2.05) is 54.4 Å². The molecule has 2 bridgehead atoms. The van der Waals surface area contributed by atoms with E-state index < -0.39 is 147 Å². The summed E-state index contributed by atoms with van der Waals surface area (Å²) < 4.78 is 29.3. The first-order valence-corrected chi connectivity index (χ1v) is 26.1. The average Bonchev–Trinajstić information content (AvgIpc) is 3.33. The maximum Gasteiger partial charge on any atom is 0.313 e. The minimum Gasteiger partial charge on any atom is -0.469 e. The lowest BCUT2D eigenvalue weighted by atomic mass is 9.82. The molecule has 3 heterocycles. The first-order chi connectivity index (χ1) is 35.1. The first-order valence-electron chi connectivity index (χ1n) is 26.1. The molecule has 0 saturated carbocycles. The van der Waals surface area contributed by atoms with Gasteiger partial charge in [0, 0.05) is 37.5 Å². The fraction of sp³-hybridized carbons (Fsp3) is 0.704. The molecule has 0 radical (unpaired) electrons. The van der Waals surface area contributed by atoms with E-state index in [1.165, 1.54) is 0 Å². The fourth-order valence-electron chi connectivity index (χ4n) is 9.47. The van der Waals surface area contributed by atoms with Crippen LogP contribution < -0.4 is 11.5 Å². The zero-order valence-corrected chi connectivity index (χ0v) is 43.8. The second kappa shape index (κ2) is 33.6. The van der Waals surface area contributed by atoms with Crippen molar-refractivity contribution in [3.8, 4) is 0 Å². The molecule has 0 spiro atoms. The number of hydrogen-bond acceptors (Lipinski definition) is 20. The largest absolute Gasteiger partial charge is 0.469 e. The topological polar surface area (TPSA) is 338 Å². The molecule has 422 valence electrons. The van der Waals surface area contributed by atoms with Crippen LogP contribution in [0.4, 0.5) is 0 Å². The number of hydrogen-bond donors (Lipinski definition) is 12. The first kappa shape index (κ1) is 64.8. The second-order valence-electron chi connectivity index (χ2n) is 20.0. The van der Waals surface area contributed by atoms with E-state index in [-0.39, 0.29) is 31.6 Å². The molecule has 20 heteroatoms. The molecule has 0 aromatic rings. The zero-order chi connectivity index (χ0) is 55.0. The Balaban J connectivity index is 1.96. The van der Waals surface area contributed by atoms with Crippen LogP contribution in [0.5, 0.6) is 0 Å². The van der Waals surface area contributed by atoms with Crippen LogP contribution in [0.25, 0.3) is 0 Å². The van der Waals surface area contributed by atoms with Crippen LogP contribution in [0.2, 0.25) is 0 Å². The standard InChI is InChI=1S/C54H89N3O17/c1-34-20-16-14-12-10-8-6-7-9-11-13-15-17-21-41(73-53-51(67)48(50(66)37(4)72-53)57(26-18-24-55)27-19-25-56)31-45-47(52(68)70-5)44(63)33-54(69,74-45)32-40(60)29-43(62)42(61)23-22-38(58)28-39(59)30-46(64)71-36(3)35(2)49(34)65/h6-17,20-21,34-45,47-51,53,58-63,65-67,69H,18-19,22-33,55-56H2,1-5H3/b7-6+,10-8+,11-9+,14-12+,15-13+,20-16+,21-17+/t34-,35-,36-,37+,38+,39+,40-,41-,42+,43+,44-,45?,47+,48-,49+,50+,51-,53-,54+/m0/s1. The summed E-state index contributed by atoms with van der Waals surface area (Å²) in [4.78, 5) is 27.9. The number of methoxy groups -OCH3 is 1. The van der Waals surface area contributed by atoms with Crippen LogP contribution in [0.15, 0.2) is 85.1 Å². The summed E-state index contributed by atoms with van der Waals surface area (Å²) in [5, 5.41) is 112. The predicted molar refractivity (Wildman–Crippen MR) is 276 cm³/mol. The summed E-state index contributed by atoms with van der Waals surface area (Å²) in [6.07, 6.45) is 5.90. The Morgan fingerprint density at radius 2 is 1.24 bits per heavy atom. The molecule has 14 N–H and O–H groups in total. The molecule has 2 saturated heterocycles. The molecule has 0 amide bonds. The van der Waals surface area contributed by atoms with Crippen LogP contribution in [0, 0.1) is 17.8 Å². The van der Waals surface area contributed by atoms with Gasteiger partial charge in [0.2, 0.25) is 0 Å². The normalized spacial score (nSPS) is 41.5. The molecule has 0 aliphatic carbocycles. The lowest BCUT2D eigenvalue weighted by molar-refractivity contribution is -0.312. The van der Waals surface area contributed by atoms with Gasteiger partial charge in [0.1, 0.15) is 18.1 Å². The van der Waals surface area contributed by atoms with Gasteiger partial charge >= 0.3 is 11.9 Å². The van der Waals surface area contributed by atoms with Crippen LogP contribution in [-0.2, 0) is 33.3 Å². The molecule has 20 nitrogen and oxygen atoms in total. The third-order valence-corrected chi connectivity index (χ3v) is 13.8. The van der Waals surface area contributed by atoms with Gasteiger partial charge in [-0.3, -0.25) is 14.5 Å². The maximum absolute atomic E-state index is 13.3. The third-order valence-electron chi connectivity index (χ3n) is 13.8. The van der Waals surface area contributed by atoms with E-state index in [1.54, 1.807) is 63.3 Å². The molecule has 3 aliphatic heterocycles. The highest BCUT2D eigenvalue weighted by Crippen LogP contribution is 2.39. The summed E-state index contributed by atoms with van der Waals surface area (Å²) in [6, 6.07) is -0.848. The molecular formula is C54H89N3O17. The molecule has 74 heavy (non-hydrogen) atoms. The van der Waals surface area contributed by atoms with E-state index in [9.17, 15) is 60.7 Å². The van der Waals surface area contributed by atoms with Crippen molar-refractivity contribution in [1.82, 2.24) is 4.90 Å². The van der Waals surface area contributed by atoms with Gasteiger partial charge in [-0.05, 0) is 72.1 Å². The lowest BCUT2D eigenvalue weighted by Gasteiger charge is -2.47. The number of nitrogens with zero attached hydrogens (tertiary/aromatic N) is 1. The van der Waals surface area contributed by atoms with Gasteiger partial charge in [0.15, 0.2) is 12.1 Å². The summed E-state index contributed by atoms with van der Waals surface area (Å²) in [5.74, 6) is -5.98. The van der Waals surface area contributed by atoms with Gasteiger partial charge in [-0.2, -0.15) is 0 Å². The van der Waals surface area contributed by atoms with E-state index in [4.69, 9.17) is 35.2 Å². The number of ether oxygens (including phenoxy) is 5. The predicted octanol–water partition coefficient (Wildman–Crippen LogP) is 0.841. The highest BCUT2D eigenvalue weighted by molar-refractivity contribution is 5.74. The summed E-state index contributed by atoms with van der Waals surface area (Å²) in [6.45, 7) is 8.52. The number of rotatable bonds is 10. The van der Waals surface area contributed by atoms with Crippen LogP contribution >= 0.6 is 0 Å². The quantitative estimate of drug-likeness (QED) is 0.135. The Bertz CT molecular complexity index is 1840. The molecule has 2 fully saturated rings. The Labute approximate surface area is 437 Å². The summed E-state index contributed by atoms with van der Waals surface area (Å²) in [5.41, 5.74) is 11.7. The second-order valence-corrected chi connectivity index (χ2v) is 20.0. The van der Waals surface area contributed by atoms with E-state index in [0.717, 1.165) is 7.11 Å². The molecule has 1 unspecified atom stereocenters. The van der Waals surface area contributed by atoms with Gasteiger partial charge in [-0.25, -0.2) is 0 Å². The number of carbonyl (C=O) groups is 2. The number of aliphatic hydroxyl groups excluding tert-OH is 9. The molecule has 0 aromatic heterocycles. The van der Waals surface area contributed by atoms with Crippen molar-refractivity contribution in [2.45, 2.75) is 189 Å². The minimum absolute atomic E-state index is 0.0993. The van der Waals surface area contributed by atoms with Crippen LogP contribution in [0.1, 0.15) is 91.9 Å². The van der Waals surface area contributed by atoms with Crippen molar-refractivity contribution < 1.29 is 84.3 Å². The summed E-state index contributed by atoms with van der Waals surface area (Å²) in [7, 11) is 1.13.